The lowest BCUT2D eigenvalue weighted by atomic mass is 9.86. The minimum Gasteiger partial charge on any atom is -0.394 e. The SMILES string of the molecule is CN(C)C1(CO)CCSc2ccccc21. The summed E-state index contributed by atoms with van der Waals surface area (Å²) in [4.78, 5) is 3.46. The average Bonchev–Trinajstić information content (AvgIpc) is 2.28. The van der Waals surface area contributed by atoms with Gasteiger partial charge in [0.2, 0.25) is 0 Å². The molecule has 15 heavy (non-hydrogen) atoms. The number of likely N-dealkylation sites (N-methyl/N-ethyl adjacent to an activating group) is 1. The third-order valence-electron chi connectivity index (χ3n) is 3.28. The zero-order valence-corrected chi connectivity index (χ0v) is 10.0. The van der Waals surface area contributed by atoms with Crippen molar-refractivity contribution in [3.8, 4) is 0 Å². The molecule has 1 heterocycles. The van der Waals surface area contributed by atoms with Crippen LogP contribution in [0.15, 0.2) is 29.2 Å². The highest BCUT2D eigenvalue weighted by Crippen LogP contribution is 2.42. The van der Waals surface area contributed by atoms with Gasteiger partial charge < -0.3 is 5.11 Å². The monoisotopic (exact) mass is 223 g/mol. The van der Waals surface area contributed by atoms with Crippen LogP contribution in [0.5, 0.6) is 0 Å². The van der Waals surface area contributed by atoms with Gasteiger partial charge in [-0.2, -0.15) is 0 Å². The summed E-state index contributed by atoms with van der Waals surface area (Å²) < 4.78 is 0. The van der Waals surface area contributed by atoms with Crippen LogP contribution >= 0.6 is 11.8 Å². The zero-order chi connectivity index (χ0) is 10.9. The van der Waals surface area contributed by atoms with E-state index in [4.69, 9.17) is 0 Å². The number of benzene rings is 1. The van der Waals surface area contributed by atoms with Gasteiger partial charge in [-0.1, -0.05) is 18.2 Å². The van der Waals surface area contributed by atoms with Gasteiger partial charge in [0, 0.05) is 10.6 Å². The van der Waals surface area contributed by atoms with Crippen LogP contribution in [0.4, 0.5) is 0 Å². The lowest BCUT2D eigenvalue weighted by Gasteiger charge is -2.42. The van der Waals surface area contributed by atoms with Gasteiger partial charge in [0.15, 0.2) is 0 Å². The summed E-state index contributed by atoms with van der Waals surface area (Å²) in [7, 11) is 4.09. The highest BCUT2D eigenvalue weighted by molar-refractivity contribution is 7.99. The summed E-state index contributed by atoms with van der Waals surface area (Å²) in [6.07, 6.45) is 1.01. The second-order valence-corrected chi connectivity index (χ2v) is 5.32. The van der Waals surface area contributed by atoms with Crippen molar-refractivity contribution in [2.75, 3.05) is 26.5 Å². The van der Waals surface area contributed by atoms with E-state index in [1.165, 1.54) is 10.5 Å². The average molecular weight is 223 g/mol. The fourth-order valence-electron chi connectivity index (χ4n) is 2.21. The molecule has 0 fully saturated rings. The maximum Gasteiger partial charge on any atom is 0.0708 e. The van der Waals surface area contributed by atoms with Crippen molar-refractivity contribution in [1.82, 2.24) is 4.90 Å². The first kappa shape index (κ1) is 11.0. The van der Waals surface area contributed by atoms with Crippen molar-refractivity contribution < 1.29 is 5.11 Å². The second kappa shape index (κ2) is 4.16. The van der Waals surface area contributed by atoms with Gasteiger partial charge in [-0.15, -0.1) is 11.8 Å². The van der Waals surface area contributed by atoms with Gasteiger partial charge in [0.25, 0.3) is 0 Å². The molecule has 0 amide bonds. The number of nitrogens with zero attached hydrogens (tertiary/aromatic N) is 1. The quantitative estimate of drug-likeness (QED) is 0.829. The van der Waals surface area contributed by atoms with E-state index in [1.54, 1.807) is 0 Å². The van der Waals surface area contributed by atoms with E-state index in [9.17, 15) is 5.11 Å². The van der Waals surface area contributed by atoms with Gasteiger partial charge >= 0.3 is 0 Å². The largest absolute Gasteiger partial charge is 0.394 e. The highest BCUT2D eigenvalue weighted by Gasteiger charge is 2.38. The first-order chi connectivity index (χ1) is 7.20. The predicted molar refractivity (Wildman–Crippen MR) is 64.2 cm³/mol. The molecule has 0 aromatic heterocycles. The molecule has 1 aromatic carbocycles. The minimum absolute atomic E-state index is 0.179. The molecular weight excluding hydrogens is 206 g/mol. The van der Waals surface area contributed by atoms with E-state index in [0.717, 1.165) is 12.2 Å². The topological polar surface area (TPSA) is 23.5 Å². The molecule has 1 aliphatic rings. The normalized spacial score (nSPS) is 25.3. The number of hydrogen-bond donors (Lipinski definition) is 1. The van der Waals surface area contributed by atoms with Crippen LogP contribution in [0.2, 0.25) is 0 Å². The molecule has 1 aliphatic heterocycles. The lowest BCUT2D eigenvalue weighted by Crippen LogP contribution is -2.46. The maximum atomic E-state index is 9.71. The standard InChI is InChI=1S/C12H17NOS/c1-13(2)12(9-14)7-8-15-11-6-4-3-5-10(11)12/h3-6,14H,7-9H2,1-2H3. The van der Waals surface area contributed by atoms with E-state index in [2.05, 4.69) is 29.2 Å². The Bertz CT molecular complexity index is 353. The Labute approximate surface area is 95.3 Å². The molecule has 0 bridgehead atoms. The molecule has 0 spiro atoms. The number of rotatable bonds is 2. The molecule has 0 radical (unpaired) electrons. The van der Waals surface area contributed by atoms with Crippen molar-refractivity contribution in [2.24, 2.45) is 0 Å². The molecule has 0 aliphatic carbocycles. The molecule has 1 unspecified atom stereocenters. The number of hydrogen-bond acceptors (Lipinski definition) is 3. The summed E-state index contributed by atoms with van der Waals surface area (Å²) >= 11 is 1.89. The van der Waals surface area contributed by atoms with Gasteiger partial charge in [-0.05, 0) is 32.1 Å². The molecule has 2 nitrogen and oxygen atoms in total. The summed E-state index contributed by atoms with van der Waals surface area (Å²) in [6.45, 7) is 0.192. The Morgan fingerprint density at radius 2 is 2.13 bits per heavy atom. The van der Waals surface area contributed by atoms with Crippen LogP contribution in [0.1, 0.15) is 12.0 Å². The van der Waals surface area contributed by atoms with E-state index in [0.29, 0.717) is 0 Å². The van der Waals surface area contributed by atoms with E-state index in [-0.39, 0.29) is 12.1 Å². The summed E-state index contributed by atoms with van der Waals surface area (Å²) in [5, 5.41) is 9.71. The van der Waals surface area contributed by atoms with Crippen LogP contribution in [0, 0.1) is 0 Å². The number of aliphatic hydroxyl groups excluding tert-OH is 1. The van der Waals surface area contributed by atoms with Crippen molar-refractivity contribution in [1.29, 1.82) is 0 Å². The maximum absolute atomic E-state index is 9.71. The minimum atomic E-state index is -0.179. The Kier molecular flexibility index (Phi) is 3.05. The van der Waals surface area contributed by atoms with Gasteiger partial charge in [0.05, 0.1) is 12.1 Å². The van der Waals surface area contributed by atoms with Crippen LogP contribution in [0.25, 0.3) is 0 Å². The van der Waals surface area contributed by atoms with Crippen LogP contribution in [-0.4, -0.2) is 36.5 Å². The molecule has 3 heteroatoms. The van der Waals surface area contributed by atoms with Gasteiger partial charge in [0.1, 0.15) is 0 Å². The van der Waals surface area contributed by atoms with Crippen molar-refractivity contribution in [3.63, 3.8) is 0 Å². The molecule has 0 saturated heterocycles. The Morgan fingerprint density at radius 3 is 2.80 bits per heavy atom. The Balaban J connectivity index is 2.52. The lowest BCUT2D eigenvalue weighted by molar-refractivity contribution is 0.0595. The van der Waals surface area contributed by atoms with Crippen molar-refractivity contribution >= 4 is 11.8 Å². The predicted octanol–water partition coefficient (Wildman–Crippen LogP) is 1.93. The molecule has 1 atom stereocenters. The number of fused-ring (bicyclic) bond motifs is 1. The third kappa shape index (κ3) is 1.69. The van der Waals surface area contributed by atoms with Crippen molar-refractivity contribution in [3.05, 3.63) is 29.8 Å². The molecule has 1 aromatic rings. The van der Waals surface area contributed by atoms with E-state index < -0.39 is 0 Å². The van der Waals surface area contributed by atoms with Gasteiger partial charge in [-0.25, -0.2) is 0 Å². The molecular formula is C12H17NOS. The highest BCUT2D eigenvalue weighted by atomic mass is 32.2. The first-order valence-electron chi connectivity index (χ1n) is 5.21. The molecule has 1 N–H and O–H groups in total. The van der Waals surface area contributed by atoms with Crippen LogP contribution < -0.4 is 0 Å². The van der Waals surface area contributed by atoms with Gasteiger partial charge in [-0.3, -0.25) is 4.90 Å². The van der Waals surface area contributed by atoms with Crippen LogP contribution in [0.3, 0.4) is 0 Å². The molecule has 2 rings (SSSR count). The number of thioether (sulfide) groups is 1. The van der Waals surface area contributed by atoms with Crippen LogP contribution in [-0.2, 0) is 5.54 Å². The Morgan fingerprint density at radius 1 is 1.40 bits per heavy atom. The second-order valence-electron chi connectivity index (χ2n) is 4.18. The fourth-order valence-corrected chi connectivity index (χ4v) is 3.46. The molecule has 82 valence electrons. The summed E-state index contributed by atoms with van der Waals surface area (Å²) in [6, 6.07) is 8.40. The van der Waals surface area contributed by atoms with E-state index in [1.807, 2.05) is 25.9 Å². The summed E-state index contributed by atoms with van der Waals surface area (Å²) in [5.74, 6) is 1.08. The number of aliphatic hydroxyl groups is 1. The fraction of sp³-hybridized carbons (Fsp3) is 0.500. The van der Waals surface area contributed by atoms with E-state index >= 15 is 0 Å². The van der Waals surface area contributed by atoms with Crippen molar-refractivity contribution in [2.45, 2.75) is 16.9 Å². The smallest absolute Gasteiger partial charge is 0.0708 e. The Hall–Kier alpha value is -0.510. The first-order valence-corrected chi connectivity index (χ1v) is 6.20. The summed E-state index contributed by atoms with van der Waals surface area (Å²) in [5.41, 5.74) is 1.09. The molecule has 0 saturated carbocycles. The zero-order valence-electron chi connectivity index (χ0n) is 9.23. The third-order valence-corrected chi connectivity index (χ3v) is 4.35.